The van der Waals surface area contributed by atoms with Gasteiger partial charge in [0.1, 0.15) is 26.4 Å². The minimum absolute atomic E-state index is 0.0273. The molecule has 6 rings (SSSR count). The van der Waals surface area contributed by atoms with Gasteiger partial charge in [0, 0.05) is 19.6 Å². The van der Waals surface area contributed by atoms with Crippen LogP contribution in [0.2, 0.25) is 0 Å². The van der Waals surface area contributed by atoms with E-state index in [1.165, 1.54) is 19.3 Å². The van der Waals surface area contributed by atoms with E-state index in [9.17, 15) is 28.8 Å². The lowest BCUT2D eigenvalue weighted by Crippen LogP contribution is -2.51. The van der Waals surface area contributed by atoms with Crippen LogP contribution >= 0.6 is 0 Å². The van der Waals surface area contributed by atoms with Crippen molar-refractivity contribution >= 4 is 36.6 Å². The summed E-state index contributed by atoms with van der Waals surface area (Å²) in [5.74, 6) is 1.73. The Morgan fingerprint density at radius 1 is 0.379 bits per heavy atom. The van der Waals surface area contributed by atoms with Crippen molar-refractivity contribution in [3.8, 4) is 0 Å². The Kier molecular flexibility index (Phi) is 28.2. The summed E-state index contributed by atoms with van der Waals surface area (Å²) in [6, 6.07) is 24.2. The second-order valence-corrected chi connectivity index (χ2v) is 40.0. The molecule has 0 heterocycles. The molecule has 6 atom stereocenters. The number of carbonyl (C=O) groups is 6. The summed E-state index contributed by atoms with van der Waals surface area (Å²) in [6.07, 6.45) is 4.75. The highest BCUT2D eigenvalue weighted by molar-refractivity contribution is 5.72. The van der Waals surface area contributed by atoms with Crippen LogP contribution in [0.1, 0.15) is 285 Å². The number of benzene rings is 3. The summed E-state index contributed by atoms with van der Waals surface area (Å²) in [6.45, 7) is 59.5. The number of ether oxygens (including phenoxy) is 6. The monoisotopic (exact) mass is 1440 g/mol. The maximum atomic E-state index is 13.6. The van der Waals surface area contributed by atoms with E-state index in [-0.39, 0.29) is 61.9 Å². The molecule has 6 unspecified atom stereocenters. The van der Waals surface area contributed by atoms with Crippen LogP contribution in [0.25, 0.3) is 0 Å². The average molecular weight is 1440 g/mol. The van der Waals surface area contributed by atoms with Gasteiger partial charge < -0.3 is 60.3 Å². The SMILES string of the molecule is CC(COC(=O)NC(C)(C)c1cccc(C(C)(C)C)c1)(COC(=O)NC(C)(C)c1cccc(C(C)(C)C)c1)OC(=O)NC(C)(C)c1cccc(C(C)(C)C)c1.CC1CC(C)(C)CC(C)(CNC(=O)OCC(COC(=O)NCC2(C)CC(C)CC(C)(C)C2)OC(=O)NCC2(C)CC(C)CC(C)(C)C2)C1. The van der Waals surface area contributed by atoms with E-state index in [4.69, 9.17) is 28.4 Å². The number of hydrogen-bond donors (Lipinski definition) is 6. The van der Waals surface area contributed by atoms with Crippen LogP contribution in [-0.4, -0.2) is 94.3 Å². The average Bonchev–Trinajstić information content (AvgIpc) is 0.838. The molecule has 18 nitrogen and oxygen atoms in total. The van der Waals surface area contributed by atoms with Crippen molar-refractivity contribution in [3.63, 3.8) is 0 Å². The zero-order valence-electron chi connectivity index (χ0n) is 69.0. The lowest BCUT2D eigenvalue weighted by Gasteiger charge is -2.46. The van der Waals surface area contributed by atoms with E-state index < -0.39 is 78.1 Å². The molecule has 6 amide bonds. The fraction of sp³-hybridized carbons (Fsp3) is 0.718. The molecule has 0 bridgehead atoms. The molecule has 0 aromatic heterocycles. The van der Waals surface area contributed by atoms with Crippen LogP contribution < -0.4 is 31.9 Å². The third-order valence-electron chi connectivity index (χ3n) is 20.9. The van der Waals surface area contributed by atoms with Crippen molar-refractivity contribution in [1.82, 2.24) is 31.9 Å². The smallest absolute Gasteiger partial charge is 0.408 e. The number of rotatable bonds is 22. The number of amides is 6. The van der Waals surface area contributed by atoms with Crippen molar-refractivity contribution in [2.75, 3.05) is 46.1 Å². The predicted octanol–water partition coefficient (Wildman–Crippen LogP) is 19.7. The van der Waals surface area contributed by atoms with Crippen LogP contribution in [0.15, 0.2) is 72.8 Å². The van der Waals surface area contributed by atoms with Gasteiger partial charge in [0.25, 0.3) is 0 Å². The Hall–Kier alpha value is -6.72. The number of alkyl carbamates (subject to hydrolysis) is 6. The number of nitrogens with one attached hydrogen (secondary N) is 6. The molecule has 0 aliphatic heterocycles. The van der Waals surface area contributed by atoms with Gasteiger partial charge in [-0.25, -0.2) is 28.8 Å². The molecule has 103 heavy (non-hydrogen) atoms. The quantitative estimate of drug-likeness (QED) is 0.0516. The van der Waals surface area contributed by atoms with E-state index >= 15 is 0 Å². The molecule has 3 aromatic carbocycles. The van der Waals surface area contributed by atoms with Crippen LogP contribution in [-0.2, 0) is 61.3 Å². The van der Waals surface area contributed by atoms with Gasteiger partial charge in [-0.2, -0.15) is 0 Å². The first-order chi connectivity index (χ1) is 46.8. The number of carbonyl (C=O) groups excluding carboxylic acids is 6. The third-order valence-corrected chi connectivity index (χ3v) is 20.9. The summed E-state index contributed by atoms with van der Waals surface area (Å²) < 4.78 is 34.2. The third kappa shape index (κ3) is 28.3. The normalized spacial score (nSPS) is 23.1. The minimum atomic E-state index is -1.56. The highest BCUT2D eigenvalue weighted by Gasteiger charge is 2.44. The zero-order chi connectivity index (χ0) is 78.0. The lowest BCUT2D eigenvalue weighted by molar-refractivity contribution is -0.0615. The maximum absolute atomic E-state index is 13.6. The molecule has 3 aromatic rings. The van der Waals surface area contributed by atoms with Crippen molar-refractivity contribution in [2.24, 2.45) is 50.2 Å². The highest BCUT2D eigenvalue weighted by Crippen LogP contribution is 2.51. The van der Waals surface area contributed by atoms with Crippen molar-refractivity contribution < 1.29 is 57.2 Å². The topological polar surface area (TPSA) is 230 Å². The first-order valence-electron chi connectivity index (χ1n) is 37.8. The van der Waals surface area contributed by atoms with Gasteiger partial charge in [-0.15, -0.1) is 0 Å². The zero-order valence-corrected chi connectivity index (χ0v) is 69.0. The fourth-order valence-electron chi connectivity index (χ4n) is 17.4. The van der Waals surface area contributed by atoms with E-state index in [1.54, 1.807) is 6.92 Å². The van der Waals surface area contributed by atoms with Gasteiger partial charge in [-0.1, -0.05) is 218 Å². The van der Waals surface area contributed by atoms with Gasteiger partial charge in [-0.3, -0.25) is 0 Å². The lowest BCUT2D eigenvalue weighted by atomic mass is 9.61. The van der Waals surface area contributed by atoms with Crippen LogP contribution in [0, 0.1) is 50.2 Å². The van der Waals surface area contributed by atoms with Gasteiger partial charge in [0.15, 0.2) is 11.7 Å². The second kappa shape index (κ2) is 33.4. The summed E-state index contributed by atoms with van der Waals surface area (Å²) >= 11 is 0. The largest absolute Gasteiger partial charge is 0.445 e. The molecule has 580 valence electrons. The van der Waals surface area contributed by atoms with Crippen molar-refractivity contribution in [3.05, 3.63) is 106 Å². The Labute approximate surface area is 621 Å². The Morgan fingerprint density at radius 2 is 0.650 bits per heavy atom. The highest BCUT2D eigenvalue weighted by atomic mass is 16.6. The molecule has 6 N–H and O–H groups in total. The molecule has 3 fully saturated rings. The number of hydrogen-bond acceptors (Lipinski definition) is 12. The summed E-state index contributed by atoms with van der Waals surface area (Å²) in [5, 5.41) is 17.7. The minimum Gasteiger partial charge on any atom is -0.445 e. The van der Waals surface area contributed by atoms with Crippen LogP contribution in [0.4, 0.5) is 28.8 Å². The Bertz CT molecular complexity index is 3220. The molecule has 3 saturated carbocycles. The molecule has 0 radical (unpaired) electrons. The van der Waals surface area contributed by atoms with Gasteiger partial charge in [-0.05, 0) is 206 Å². The molecule has 0 saturated heterocycles. The first-order valence-corrected chi connectivity index (χ1v) is 37.8. The Balaban J connectivity index is 0.000000374. The Morgan fingerprint density at radius 3 is 0.932 bits per heavy atom. The van der Waals surface area contributed by atoms with Gasteiger partial charge in [0.05, 0.1) is 16.6 Å². The van der Waals surface area contributed by atoms with Gasteiger partial charge in [0.2, 0.25) is 0 Å². The summed E-state index contributed by atoms with van der Waals surface area (Å²) in [7, 11) is 0. The molecule has 3 aliphatic carbocycles. The predicted molar refractivity (Wildman–Crippen MR) is 413 cm³/mol. The van der Waals surface area contributed by atoms with Crippen LogP contribution in [0.3, 0.4) is 0 Å². The van der Waals surface area contributed by atoms with E-state index in [0.29, 0.717) is 37.4 Å². The van der Waals surface area contributed by atoms with Crippen molar-refractivity contribution in [1.29, 1.82) is 0 Å². The van der Waals surface area contributed by atoms with Crippen LogP contribution in [0.5, 0.6) is 0 Å². The standard InChI is InChI=1S/C46H67N3O6.C39H71N3O6/c1-40(2,3)31-20-17-23-34(26-31)43(10,11)47-37(50)53-29-46(16,55-39(52)49-45(14,15)36-25-19-22-33(28-36)42(7,8)9)30-54-38(51)48-44(12,13)35-24-18-21-32(27-35)41(4,5)6;1-27-13-34(4,5)21-37(10,16-27)24-40-31(43)46-19-30(48-33(45)42-26-39(12)18-29(3)15-36(8,9)23-39)20-47-32(44)41-25-38(11)17-28(2)14-35(6,7)22-38/h17-28H,29-30H2,1-16H3,(H,47,50)(H,48,51)(H,49,52);27-30H,13-26H2,1-12H3,(H,40,43)(H,41,44)(H,42,45). The first kappa shape index (κ1) is 86.9. The molecule has 18 heteroatoms. The van der Waals surface area contributed by atoms with E-state index in [2.05, 4.69) is 214 Å². The molecular formula is C85H138N6O12. The van der Waals surface area contributed by atoms with Crippen molar-refractivity contribution in [2.45, 2.75) is 296 Å². The fourth-order valence-corrected chi connectivity index (χ4v) is 17.4. The summed E-state index contributed by atoms with van der Waals surface area (Å²) in [5.41, 5.74) is 2.42. The molecule has 3 aliphatic rings. The summed E-state index contributed by atoms with van der Waals surface area (Å²) in [4.78, 5) is 79.1. The van der Waals surface area contributed by atoms with E-state index in [1.807, 2.05) is 77.9 Å². The van der Waals surface area contributed by atoms with E-state index in [0.717, 1.165) is 71.9 Å². The maximum Gasteiger partial charge on any atom is 0.408 e. The molecule has 0 spiro atoms. The second-order valence-electron chi connectivity index (χ2n) is 40.0. The molecular weight excluding hydrogens is 1300 g/mol. The van der Waals surface area contributed by atoms with Gasteiger partial charge >= 0.3 is 36.6 Å².